The summed E-state index contributed by atoms with van der Waals surface area (Å²) in [5, 5.41) is 6.40. The van der Waals surface area contributed by atoms with E-state index in [1.807, 2.05) is 32.2 Å². The zero-order valence-corrected chi connectivity index (χ0v) is 16.6. The van der Waals surface area contributed by atoms with Gasteiger partial charge in [0.25, 0.3) is 0 Å². The third-order valence-corrected chi connectivity index (χ3v) is 5.32. The molecular formula is C21H29N5O2. The third-order valence-electron chi connectivity index (χ3n) is 5.32. The second-order valence-corrected chi connectivity index (χ2v) is 7.14. The summed E-state index contributed by atoms with van der Waals surface area (Å²) in [6, 6.07) is 6.43. The fraction of sp³-hybridized carbons (Fsp3) is 0.476. The SMILES string of the molecule is CCOc1ccc(-c2cnc(N)nc2)cc1CNC(=O)C1CCC(NC)CC1. The van der Waals surface area contributed by atoms with Gasteiger partial charge in [-0.05, 0) is 57.4 Å². The number of carbonyl (C=O) groups excluding carboxylic acids is 1. The summed E-state index contributed by atoms with van der Waals surface area (Å²) in [5.74, 6) is 1.24. The lowest BCUT2D eigenvalue weighted by Gasteiger charge is -2.27. The standard InChI is InChI=1S/C21H29N5O2/c1-3-28-19-9-6-15(17-12-25-21(22)26-13-17)10-16(19)11-24-20(27)14-4-7-18(23-2)8-5-14/h6,9-10,12-14,18,23H,3-5,7-8,11H2,1-2H3,(H,24,27)(H2,22,25,26). The number of nitrogens with two attached hydrogens (primary N) is 1. The molecular weight excluding hydrogens is 354 g/mol. The fourth-order valence-electron chi connectivity index (χ4n) is 3.65. The first-order valence-corrected chi connectivity index (χ1v) is 9.89. The van der Waals surface area contributed by atoms with Crippen molar-refractivity contribution in [3.63, 3.8) is 0 Å². The Morgan fingerprint density at radius 3 is 2.54 bits per heavy atom. The van der Waals surface area contributed by atoms with E-state index in [1.165, 1.54) is 0 Å². The Bertz CT molecular complexity index is 786. The number of benzene rings is 1. The van der Waals surface area contributed by atoms with E-state index in [4.69, 9.17) is 10.5 Å². The number of hydrogen-bond donors (Lipinski definition) is 3. The second kappa shape index (κ2) is 9.50. The van der Waals surface area contributed by atoms with Gasteiger partial charge in [-0.2, -0.15) is 0 Å². The molecule has 1 fully saturated rings. The monoisotopic (exact) mass is 383 g/mol. The van der Waals surface area contributed by atoms with E-state index in [0.717, 1.165) is 48.1 Å². The molecule has 1 amide bonds. The predicted molar refractivity (Wildman–Crippen MR) is 110 cm³/mol. The number of nitrogens with zero attached hydrogens (tertiary/aromatic N) is 2. The van der Waals surface area contributed by atoms with Gasteiger partial charge in [-0.1, -0.05) is 6.07 Å². The van der Waals surface area contributed by atoms with Crippen LogP contribution in [0, 0.1) is 5.92 Å². The van der Waals surface area contributed by atoms with Gasteiger partial charge in [0.15, 0.2) is 0 Å². The van der Waals surface area contributed by atoms with Gasteiger partial charge in [0.1, 0.15) is 5.75 Å². The van der Waals surface area contributed by atoms with Crippen molar-refractivity contribution in [3.05, 3.63) is 36.2 Å². The fourth-order valence-corrected chi connectivity index (χ4v) is 3.65. The van der Waals surface area contributed by atoms with Crippen molar-refractivity contribution in [1.29, 1.82) is 0 Å². The maximum Gasteiger partial charge on any atom is 0.223 e. The van der Waals surface area contributed by atoms with Crippen LogP contribution >= 0.6 is 0 Å². The highest BCUT2D eigenvalue weighted by Crippen LogP contribution is 2.28. The first-order valence-electron chi connectivity index (χ1n) is 9.89. The van der Waals surface area contributed by atoms with Crippen molar-refractivity contribution < 1.29 is 9.53 Å². The van der Waals surface area contributed by atoms with Crippen LogP contribution in [0.1, 0.15) is 38.2 Å². The molecule has 7 nitrogen and oxygen atoms in total. The summed E-state index contributed by atoms with van der Waals surface area (Å²) in [4.78, 5) is 20.7. The molecule has 1 saturated carbocycles. The number of carbonyl (C=O) groups is 1. The van der Waals surface area contributed by atoms with E-state index >= 15 is 0 Å². The number of anilines is 1. The van der Waals surface area contributed by atoms with E-state index in [-0.39, 0.29) is 17.8 Å². The van der Waals surface area contributed by atoms with Crippen LogP contribution in [0.5, 0.6) is 5.75 Å². The summed E-state index contributed by atoms with van der Waals surface area (Å²) in [6.45, 7) is 2.95. The molecule has 7 heteroatoms. The van der Waals surface area contributed by atoms with E-state index < -0.39 is 0 Å². The first-order chi connectivity index (χ1) is 13.6. The largest absolute Gasteiger partial charge is 0.494 e. The number of rotatable bonds is 7. The van der Waals surface area contributed by atoms with Gasteiger partial charge in [0, 0.05) is 42.0 Å². The summed E-state index contributed by atoms with van der Waals surface area (Å²) in [6.07, 6.45) is 7.34. The second-order valence-electron chi connectivity index (χ2n) is 7.14. The van der Waals surface area contributed by atoms with Crippen molar-refractivity contribution in [3.8, 4) is 16.9 Å². The van der Waals surface area contributed by atoms with Crippen molar-refractivity contribution in [2.24, 2.45) is 5.92 Å². The molecule has 0 atom stereocenters. The number of amides is 1. The van der Waals surface area contributed by atoms with Gasteiger partial charge < -0.3 is 21.1 Å². The van der Waals surface area contributed by atoms with Crippen LogP contribution in [0.15, 0.2) is 30.6 Å². The minimum Gasteiger partial charge on any atom is -0.494 e. The summed E-state index contributed by atoms with van der Waals surface area (Å²) in [7, 11) is 1.99. The van der Waals surface area contributed by atoms with Gasteiger partial charge in [-0.3, -0.25) is 4.79 Å². The van der Waals surface area contributed by atoms with Gasteiger partial charge >= 0.3 is 0 Å². The molecule has 4 N–H and O–H groups in total. The van der Waals surface area contributed by atoms with Crippen LogP contribution in [-0.4, -0.2) is 35.6 Å². The minimum absolute atomic E-state index is 0.0915. The molecule has 1 aromatic carbocycles. The Kier molecular flexibility index (Phi) is 6.81. The van der Waals surface area contributed by atoms with Crippen LogP contribution in [0.3, 0.4) is 0 Å². The lowest BCUT2D eigenvalue weighted by molar-refractivity contribution is -0.126. The number of nitrogen functional groups attached to an aromatic ring is 1. The van der Waals surface area contributed by atoms with E-state index in [9.17, 15) is 4.79 Å². The molecule has 0 spiro atoms. The van der Waals surface area contributed by atoms with E-state index in [0.29, 0.717) is 19.2 Å². The number of ether oxygens (including phenoxy) is 1. The maximum atomic E-state index is 12.6. The van der Waals surface area contributed by atoms with Crippen LogP contribution in [0.2, 0.25) is 0 Å². The first kappa shape index (κ1) is 20.1. The average Bonchev–Trinajstić information content (AvgIpc) is 2.73. The molecule has 0 bridgehead atoms. The molecule has 1 heterocycles. The van der Waals surface area contributed by atoms with Crippen LogP contribution in [-0.2, 0) is 11.3 Å². The molecule has 0 saturated heterocycles. The Labute approximate surface area is 166 Å². The molecule has 0 unspecified atom stereocenters. The van der Waals surface area contributed by atoms with Crippen molar-refractivity contribution in [1.82, 2.24) is 20.6 Å². The minimum atomic E-state index is 0.0915. The van der Waals surface area contributed by atoms with E-state index in [2.05, 4.69) is 20.6 Å². The molecule has 1 aliphatic carbocycles. The van der Waals surface area contributed by atoms with Crippen LogP contribution in [0.25, 0.3) is 11.1 Å². The molecule has 28 heavy (non-hydrogen) atoms. The molecule has 1 aromatic heterocycles. The van der Waals surface area contributed by atoms with E-state index in [1.54, 1.807) is 12.4 Å². The highest BCUT2D eigenvalue weighted by atomic mass is 16.5. The van der Waals surface area contributed by atoms with Crippen molar-refractivity contribution in [2.45, 2.75) is 45.2 Å². The molecule has 3 rings (SSSR count). The maximum absolute atomic E-state index is 12.6. The van der Waals surface area contributed by atoms with Gasteiger partial charge in [0.05, 0.1) is 6.61 Å². The smallest absolute Gasteiger partial charge is 0.223 e. The highest BCUT2D eigenvalue weighted by molar-refractivity contribution is 5.79. The zero-order chi connectivity index (χ0) is 19.9. The highest BCUT2D eigenvalue weighted by Gasteiger charge is 2.25. The molecule has 2 aromatic rings. The zero-order valence-electron chi connectivity index (χ0n) is 16.6. The Hall–Kier alpha value is -2.67. The molecule has 150 valence electrons. The Morgan fingerprint density at radius 2 is 1.89 bits per heavy atom. The quantitative estimate of drug-likeness (QED) is 0.679. The number of aromatic nitrogens is 2. The summed E-state index contributed by atoms with van der Waals surface area (Å²) < 4.78 is 5.74. The number of hydrogen-bond acceptors (Lipinski definition) is 6. The van der Waals surface area contributed by atoms with Crippen LogP contribution < -0.4 is 21.1 Å². The topological polar surface area (TPSA) is 102 Å². The van der Waals surface area contributed by atoms with Crippen LogP contribution in [0.4, 0.5) is 5.95 Å². The normalized spacial score (nSPS) is 19.2. The van der Waals surface area contributed by atoms with Crippen molar-refractivity contribution >= 4 is 11.9 Å². The van der Waals surface area contributed by atoms with Gasteiger partial charge in [-0.15, -0.1) is 0 Å². The van der Waals surface area contributed by atoms with Crippen molar-refractivity contribution in [2.75, 3.05) is 19.4 Å². The lowest BCUT2D eigenvalue weighted by Crippen LogP contribution is -2.37. The molecule has 0 aliphatic heterocycles. The lowest BCUT2D eigenvalue weighted by atomic mass is 9.85. The van der Waals surface area contributed by atoms with Gasteiger partial charge in [-0.25, -0.2) is 9.97 Å². The Balaban J connectivity index is 1.69. The predicted octanol–water partition coefficient (Wildman–Crippen LogP) is 2.52. The average molecular weight is 383 g/mol. The number of nitrogens with one attached hydrogen (secondary N) is 2. The Morgan fingerprint density at radius 1 is 1.18 bits per heavy atom. The molecule has 1 aliphatic rings. The summed E-state index contributed by atoms with van der Waals surface area (Å²) in [5.41, 5.74) is 8.34. The summed E-state index contributed by atoms with van der Waals surface area (Å²) >= 11 is 0. The third kappa shape index (κ3) is 4.98. The van der Waals surface area contributed by atoms with Gasteiger partial charge in [0.2, 0.25) is 11.9 Å². The molecule has 0 radical (unpaired) electrons.